The zero-order valence-corrected chi connectivity index (χ0v) is 10.3. The van der Waals surface area contributed by atoms with Gasteiger partial charge in [0, 0.05) is 17.1 Å². The summed E-state index contributed by atoms with van der Waals surface area (Å²) >= 11 is 3.56. The molecule has 1 aliphatic carbocycles. The quantitative estimate of drug-likeness (QED) is 0.823. The summed E-state index contributed by atoms with van der Waals surface area (Å²) in [4.78, 5) is 0. The lowest BCUT2D eigenvalue weighted by Crippen LogP contribution is -2.27. The average Bonchev–Trinajstić information content (AvgIpc) is 2.29. The van der Waals surface area contributed by atoms with E-state index in [0.717, 1.165) is 6.54 Å². The van der Waals surface area contributed by atoms with Crippen LogP contribution in [0.5, 0.6) is 0 Å². The van der Waals surface area contributed by atoms with Gasteiger partial charge in [0.15, 0.2) is 0 Å². The summed E-state index contributed by atoms with van der Waals surface area (Å²) in [6.07, 6.45) is 8.39. The first kappa shape index (κ1) is 10.9. The molecule has 0 amide bonds. The van der Waals surface area contributed by atoms with Gasteiger partial charge in [-0.15, -0.1) is 0 Å². The van der Waals surface area contributed by atoms with Gasteiger partial charge >= 0.3 is 0 Å². The van der Waals surface area contributed by atoms with Crippen LogP contribution in [0.4, 0.5) is 0 Å². The molecule has 1 aliphatic rings. The fraction of sp³-hybridized carbons (Fsp3) is 0.385. The number of halogens is 1. The van der Waals surface area contributed by atoms with Gasteiger partial charge in [0.1, 0.15) is 0 Å². The van der Waals surface area contributed by atoms with E-state index < -0.39 is 0 Å². The van der Waals surface area contributed by atoms with Crippen molar-refractivity contribution >= 4 is 15.9 Å². The molecule has 0 saturated heterocycles. The minimum Gasteiger partial charge on any atom is -0.306 e. The molecule has 1 atom stereocenters. The fourth-order valence-corrected chi connectivity index (χ4v) is 2.29. The summed E-state index contributed by atoms with van der Waals surface area (Å²) < 4.78 is 1.19. The van der Waals surface area contributed by atoms with E-state index in [9.17, 15) is 0 Å². The second kappa shape index (κ2) is 5.47. The van der Waals surface area contributed by atoms with Crippen LogP contribution in [0.1, 0.15) is 24.8 Å². The molecular weight excluding hydrogens is 250 g/mol. The summed E-state index contributed by atoms with van der Waals surface area (Å²) in [5.74, 6) is 0. The number of rotatable bonds is 3. The summed E-state index contributed by atoms with van der Waals surface area (Å²) in [5.41, 5.74) is 1.33. The van der Waals surface area contributed by atoms with Crippen molar-refractivity contribution in [3.05, 3.63) is 46.5 Å². The molecule has 0 fully saturated rings. The van der Waals surface area contributed by atoms with Gasteiger partial charge in [-0.05, 0) is 30.9 Å². The van der Waals surface area contributed by atoms with Gasteiger partial charge in [0.2, 0.25) is 0 Å². The SMILES string of the molecule is Brc1ccccc1CNC1C=CCCC1. The standard InChI is InChI=1S/C13H16BrN/c14-13-9-5-4-6-11(13)10-15-12-7-2-1-3-8-12/h2,4-7,9,12,15H,1,3,8,10H2. The Bertz CT molecular complexity index is 346. The maximum atomic E-state index is 3.56. The maximum absolute atomic E-state index is 3.56. The van der Waals surface area contributed by atoms with Crippen LogP contribution in [-0.4, -0.2) is 6.04 Å². The van der Waals surface area contributed by atoms with Crippen molar-refractivity contribution in [2.75, 3.05) is 0 Å². The van der Waals surface area contributed by atoms with Crippen LogP contribution in [0.2, 0.25) is 0 Å². The van der Waals surface area contributed by atoms with E-state index in [1.165, 1.54) is 29.3 Å². The Morgan fingerprint density at radius 3 is 2.93 bits per heavy atom. The highest BCUT2D eigenvalue weighted by Crippen LogP contribution is 2.16. The molecule has 1 aromatic rings. The lowest BCUT2D eigenvalue weighted by molar-refractivity contribution is 0.522. The van der Waals surface area contributed by atoms with E-state index in [0.29, 0.717) is 6.04 Å². The third-order valence-electron chi connectivity index (χ3n) is 2.77. The first-order valence-corrected chi connectivity index (χ1v) is 6.29. The zero-order chi connectivity index (χ0) is 10.5. The van der Waals surface area contributed by atoms with Crippen molar-refractivity contribution in [3.63, 3.8) is 0 Å². The van der Waals surface area contributed by atoms with E-state index in [1.54, 1.807) is 0 Å². The Balaban J connectivity index is 1.90. The Hall–Kier alpha value is -0.600. The van der Waals surface area contributed by atoms with Crippen LogP contribution < -0.4 is 5.32 Å². The largest absolute Gasteiger partial charge is 0.306 e. The number of hydrogen-bond donors (Lipinski definition) is 1. The third-order valence-corrected chi connectivity index (χ3v) is 3.54. The van der Waals surface area contributed by atoms with Crippen LogP contribution in [0.25, 0.3) is 0 Å². The smallest absolute Gasteiger partial charge is 0.0253 e. The van der Waals surface area contributed by atoms with Gasteiger partial charge in [0.05, 0.1) is 0 Å². The number of allylic oxidation sites excluding steroid dienone is 1. The van der Waals surface area contributed by atoms with Crippen LogP contribution in [0.15, 0.2) is 40.9 Å². The second-order valence-electron chi connectivity index (χ2n) is 3.94. The monoisotopic (exact) mass is 265 g/mol. The lowest BCUT2D eigenvalue weighted by Gasteiger charge is -2.18. The summed E-state index contributed by atoms with van der Waals surface area (Å²) in [6.45, 7) is 0.941. The molecule has 0 saturated carbocycles. The molecule has 0 radical (unpaired) electrons. The average molecular weight is 266 g/mol. The first-order chi connectivity index (χ1) is 7.36. The molecule has 0 spiro atoms. The van der Waals surface area contributed by atoms with Gasteiger partial charge in [-0.3, -0.25) is 0 Å². The molecule has 15 heavy (non-hydrogen) atoms. The van der Waals surface area contributed by atoms with Crippen molar-refractivity contribution in [1.29, 1.82) is 0 Å². The highest BCUT2D eigenvalue weighted by Gasteiger charge is 2.07. The topological polar surface area (TPSA) is 12.0 Å². The lowest BCUT2D eigenvalue weighted by atomic mass is 10.0. The minimum atomic E-state index is 0.561. The predicted octanol–water partition coefficient (Wildman–Crippen LogP) is 3.65. The molecule has 0 aromatic heterocycles. The van der Waals surface area contributed by atoms with E-state index in [1.807, 2.05) is 6.07 Å². The molecule has 1 nitrogen and oxygen atoms in total. The molecule has 1 unspecified atom stereocenters. The number of nitrogens with one attached hydrogen (secondary N) is 1. The van der Waals surface area contributed by atoms with Crippen molar-refractivity contribution in [2.24, 2.45) is 0 Å². The summed E-state index contributed by atoms with van der Waals surface area (Å²) in [6, 6.07) is 8.94. The van der Waals surface area contributed by atoms with Crippen molar-refractivity contribution in [1.82, 2.24) is 5.32 Å². The fourth-order valence-electron chi connectivity index (χ4n) is 1.87. The van der Waals surface area contributed by atoms with Crippen LogP contribution in [0.3, 0.4) is 0 Å². The van der Waals surface area contributed by atoms with Crippen LogP contribution in [0, 0.1) is 0 Å². The highest BCUT2D eigenvalue weighted by atomic mass is 79.9. The Morgan fingerprint density at radius 1 is 1.33 bits per heavy atom. The Kier molecular flexibility index (Phi) is 3.98. The van der Waals surface area contributed by atoms with Gasteiger partial charge in [-0.1, -0.05) is 46.3 Å². The second-order valence-corrected chi connectivity index (χ2v) is 4.79. The number of hydrogen-bond acceptors (Lipinski definition) is 1. The molecule has 0 heterocycles. The molecular formula is C13H16BrN. The molecule has 1 N–H and O–H groups in total. The van der Waals surface area contributed by atoms with Crippen molar-refractivity contribution in [3.8, 4) is 0 Å². The molecule has 0 bridgehead atoms. The molecule has 2 rings (SSSR count). The minimum absolute atomic E-state index is 0.561. The summed E-state index contributed by atoms with van der Waals surface area (Å²) in [7, 11) is 0. The number of benzene rings is 1. The Labute approximate surface area is 99.7 Å². The van der Waals surface area contributed by atoms with Gasteiger partial charge in [-0.25, -0.2) is 0 Å². The van der Waals surface area contributed by atoms with Crippen molar-refractivity contribution < 1.29 is 0 Å². The molecule has 0 aliphatic heterocycles. The van der Waals surface area contributed by atoms with E-state index in [4.69, 9.17) is 0 Å². The third kappa shape index (κ3) is 3.18. The highest BCUT2D eigenvalue weighted by molar-refractivity contribution is 9.10. The van der Waals surface area contributed by atoms with Crippen molar-refractivity contribution in [2.45, 2.75) is 31.8 Å². The Morgan fingerprint density at radius 2 is 2.20 bits per heavy atom. The van der Waals surface area contributed by atoms with Crippen LogP contribution >= 0.6 is 15.9 Å². The molecule has 1 aromatic carbocycles. The molecule has 2 heteroatoms. The normalized spacial score (nSPS) is 20.5. The van der Waals surface area contributed by atoms with Gasteiger partial charge < -0.3 is 5.32 Å². The summed E-state index contributed by atoms with van der Waals surface area (Å²) in [5, 5.41) is 3.56. The van der Waals surface area contributed by atoms with Gasteiger partial charge in [-0.2, -0.15) is 0 Å². The van der Waals surface area contributed by atoms with E-state index >= 15 is 0 Å². The zero-order valence-electron chi connectivity index (χ0n) is 8.75. The van der Waals surface area contributed by atoms with Crippen LogP contribution in [-0.2, 0) is 6.54 Å². The van der Waals surface area contributed by atoms with E-state index in [2.05, 4.69) is 51.6 Å². The maximum Gasteiger partial charge on any atom is 0.0253 e. The van der Waals surface area contributed by atoms with Gasteiger partial charge in [0.25, 0.3) is 0 Å². The van der Waals surface area contributed by atoms with E-state index in [-0.39, 0.29) is 0 Å². The molecule has 80 valence electrons. The predicted molar refractivity (Wildman–Crippen MR) is 67.8 cm³/mol. The first-order valence-electron chi connectivity index (χ1n) is 5.50.